The lowest BCUT2D eigenvalue weighted by Crippen LogP contribution is -2.17. The number of fused-ring (bicyclic) bond motifs is 1. The topological polar surface area (TPSA) is 72.1 Å². The second kappa shape index (κ2) is 8.36. The Morgan fingerprint density at radius 3 is 2.37 bits per heavy atom. The van der Waals surface area contributed by atoms with E-state index in [-0.39, 0.29) is 17.8 Å². The lowest BCUT2D eigenvalue weighted by atomic mass is 10.1. The normalized spacial score (nSPS) is 14.8. The molecule has 3 aromatic rings. The van der Waals surface area contributed by atoms with Crippen LogP contribution in [0, 0.1) is 0 Å². The quantitative estimate of drug-likeness (QED) is 0.593. The third kappa shape index (κ3) is 4.26. The van der Waals surface area contributed by atoms with Crippen LogP contribution in [0.2, 0.25) is 0 Å². The molecule has 0 bridgehead atoms. The van der Waals surface area contributed by atoms with Gasteiger partial charge >= 0.3 is 0 Å². The highest BCUT2D eigenvalue weighted by Gasteiger charge is 2.21. The van der Waals surface area contributed by atoms with E-state index in [0.29, 0.717) is 17.3 Å². The van der Waals surface area contributed by atoms with Gasteiger partial charge in [0.2, 0.25) is 11.2 Å². The Hall–Kier alpha value is -3.06. The molecule has 1 aromatic heterocycles. The minimum atomic E-state index is -2.37. The van der Waals surface area contributed by atoms with Crippen molar-refractivity contribution in [2.24, 2.45) is 4.36 Å². The van der Waals surface area contributed by atoms with Gasteiger partial charge in [0.25, 0.3) is 0 Å². The Kier molecular flexibility index (Phi) is 5.63. The monoisotopic (exact) mass is 424 g/mol. The smallest absolute Gasteiger partial charge is 0.228 e. The van der Waals surface area contributed by atoms with Crippen LogP contribution in [-0.2, 0) is 29.4 Å². The second-order valence-electron chi connectivity index (χ2n) is 7.25. The summed E-state index contributed by atoms with van der Waals surface area (Å²) in [6.45, 7) is 4.03. The first-order valence-corrected chi connectivity index (χ1v) is 11.7. The van der Waals surface area contributed by atoms with E-state index in [1.54, 1.807) is 18.4 Å². The van der Waals surface area contributed by atoms with Crippen LogP contribution in [0.4, 0.5) is 5.88 Å². The molecule has 2 aromatic carbocycles. The minimum absolute atomic E-state index is 0.166. The lowest BCUT2D eigenvalue weighted by Gasteiger charge is -2.15. The highest BCUT2D eigenvalue weighted by Crippen LogP contribution is 2.28. The summed E-state index contributed by atoms with van der Waals surface area (Å²) in [6.07, 6.45) is 3.00. The van der Waals surface area contributed by atoms with Gasteiger partial charge in [-0.25, -0.2) is 8.57 Å². The third-order valence-corrected chi connectivity index (χ3v) is 6.96. The van der Waals surface area contributed by atoms with E-state index < -0.39 is 9.73 Å². The van der Waals surface area contributed by atoms with E-state index in [1.807, 2.05) is 36.1 Å². The molecule has 0 N–H and O–H groups in total. The molecule has 0 saturated heterocycles. The minimum Gasteiger partial charge on any atom is -0.482 e. The van der Waals surface area contributed by atoms with Crippen LogP contribution < -0.4 is 15.1 Å². The third-order valence-electron chi connectivity index (χ3n) is 5.07. The molecule has 0 fully saturated rings. The number of hydrogen-bond donors (Lipinski definition) is 0. The molecule has 0 amide bonds. The number of benzene rings is 2. The fourth-order valence-corrected chi connectivity index (χ4v) is 4.75. The summed E-state index contributed by atoms with van der Waals surface area (Å²) in [6, 6.07) is 16.9. The molecule has 0 spiro atoms. The summed E-state index contributed by atoms with van der Waals surface area (Å²) < 4.78 is 28.0. The average Bonchev–Trinajstić information content (AvgIpc) is 3.17. The first-order valence-electron chi connectivity index (χ1n) is 9.80. The SMILES string of the molecule is CCN=S(C)(=O)c1ccc(COc2coc(N3Cc4ccccc4C3)cc2=O)cc1. The molecule has 1 atom stereocenters. The molecule has 1 aliphatic rings. The highest BCUT2D eigenvalue weighted by molar-refractivity contribution is 7.93. The molecule has 0 aliphatic carbocycles. The van der Waals surface area contributed by atoms with Crippen molar-refractivity contribution >= 4 is 15.6 Å². The first-order chi connectivity index (χ1) is 14.5. The Morgan fingerprint density at radius 1 is 1.10 bits per heavy atom. The molecule has 156 valence electrons. The number of rotatable bonds is 6. The summed E-state index contributed by atoms with van der Waals surface area (Å²) in [7, 11) is -2.37. The standard InChI is InChI=1S/C23H24N2O4S/c1-3-24-30(2,27)20-10-8-17(9-11-20)15-28-22-16-29-23(12-21(22)26)25-13-18-6-4-5-7-19(18)14-25/h4-12,16H,3,13-15H2,1-2H3. The van der Waals surface area contributed by atoms with E-state index in [4.69, 9.17) is 9.15 Å². The molecule has 6 nitrogen and oxygen atoms in total. The molecule has 0 saturated carbocycles. The Morgan fingerprint density at radius 2 is 1.77 bits per heavy atom. The number of ether oxygens (including phenoxy) is 1. The van der Waals surface area contributed by atoms with Gasteiger partial charge in [-0.3, -0.25) is 4.79 Å². The van der Waals surface area contributed by atoms with E-state index in [2.05, 4.69) is 16.5 Å². The molecule has 1 aliphatic heterocycles. The zero-order chi connectivity index (χ0) is 21.1. The molecular weight excluding hydrogens is 400 g/mol. The lowest BCUT2D eigenvalue weighted by molar-refractivity contribution is 0.292. The second-order valence-corrected chi connectivity index (χ2v) is 9.59. The van der Waals surface area contributed by atoms with Crippen LogP contribution in [-0.4, -0.2) is 17.0 Å². The van der Waals surface area contributed by atoms with Crippen LogP contribution in [0.25, 0.3) is 0 Å². The van der Waals surface area contributed by atoms with Gasteiger partial charge in [-0.05, 0) is 35.7 Å². The zero-order valence-electron chi connectivity index (χ0n) is 17.0. The number of nitrogens with zero attached hydrogens (tertiary/aromatic N) is 2. The maximum absolute atomic E-state index is 12.5. The maximum atomic E-state index is 12.5. The Balaban J connectivity index is 1.42. The first kappa shape index (κ1) is 20.2. The number of hydrogen-bond acceptors (Lipinski definition) is 6. The van der Waals surface area contributed by atoms with Gasteiger partial charge in [0, 0.05) is 30.8 Å². The van der Waals surface area contributed by atoms with Crippen molar-refractivity contribution in [3.05, 3.63) is 87.8 Å². The maximum Gasteiger partial charge on any atom is 0.228 e. The summed E-state index contributed by atoms with van der Waals surface area (Å²) in [4.78, 5) is 15.2. The number of anilines is 1. The van der Waals surface area contributed by atoms with E-state index in [0.717, 1.165) is 18.7 Å². The molecule has 30 heavy (non-hydrogen) atoms. The van der Waals surface area contributed by atoms with Crippen LogP contribution in [0.5, 0.6) is 5.75 Å². The Labute approximate surface area is 176 Å². The van der Waals surface area contributed by atoms with E-state index in [1.165, 1.54) is 23.5 Å². The van der Waals surface area contributed by atoms with Crippen molar-refractivity contribution in [1.82, 2.24) is 0 Å². The largest absolute Gasteiger partial charge is 0.482 e. The van der Waals surface area contributed by atoms with E-state index in [9.17, 15) is 9.00 Å². The van der Waals surface area contributed by atoms with Gasteiger partial charge in [-0.2, -0.15) is 0 Å². The predicted octanol–water partition coefficient (Wildman–Crippen LogP) is 4.22. The van der Waals surface area contributed by atoms with E-state index >= 15 is 0 Å². The van der Waals surface area contributed by atoms with Crippen molar-refractivity contribution < 1.29 is 13.4 Å². The molecular formula is C23H24N2O4S. The fourth-order valence-electron chi connectivity index (χ4n) is 3.47. The van der Waals surface area contributed by atoms with Gasteiger partial charge in [-0.1, -0.05) is 36.4 Å². The fraction of sp³-hybridized carbons (Fsp3) is 0.261. The van der Waals surface area contributed by atoms with Gasteiger partial charge < -0.3 is 14.1 Å². The van der Waals surface area contributed by atoms with Gasteiger partial charge in [0.1, 0.15) is 12.9 Å². The molecule has 7 heteroatoms. The predicted molar refractivity (Wildman–Crippen MR) is 117 cm³/mol. The molecule has 0 radical (unpaired) electrons. The van der Waals surface area contributed by atoms with Gasteiger partial charge in [-0.15, -0.1) is 0 Å². The molecule has 4 rings (SSSR count). The zero-order valence-corrected chi connectivity index (χ0v) is 17.9. The van der Waals surface area contributed by atoms with Gasteiger partial charge in [0.15, 0.2) is 5.88 Å². The highest BCUT2D eigenvalue weighted by atomic mass is 32.2. The Bertz CT molecular complexity index is 1200. The van der Waals surface area contributed by atoms with Crippen molar-refractivity contribution in [2.75, 3.05) is 17.7 Å². The molecule has 2 heterocycles. The van der Waals surface area contributed by atoms with Crippen molar-refractivity contribution in [2.45, 2.75) is 31.5 Å². The van der Waals surface area contributed by atoms with Crippen LogP contribution in [0.3, 0.4) is 0 Å². The van der Waals surface area contributed by atoms with Crippen molar-refractivity contribution in [1.29, 1.82) is 0 Å². The molecule has 1 unspecified atom stereocenters. The van der Waals surface area contributed by atoms with Crippen LogP contribution in [0.1, 0.15) is 23.6 Å². The van der Waals surface area contributed by atoms with Crippen molar-refractivity contribution in [3.8, 4) is 5.75 Å². The summed E-state index contributed by atoms with van der Waals surface area (Å²) >= 11 is 0. The summed E-state index contributed by atoms with van der Waals surface area (Å²) in [5, 5.41) is 0. The van der Waals surface area contributed by atoms with Crippen molar-refractivity contribution in [3.63, 3.8) is 0 Å². The summed E-state index contributed by atoms with van der Waals surface area (Å²) in [5.74, 6) is 0.699. The average molecular weight is 425 g/mol. The van der Waals surface area contributed by atoms with Crippen LogP contribution in [0.15, 0.2) is 79.3 Å². The van der Waals surface area contributed by atoms with Crippen LogP contribution >= 0.6 is 0 Å². The van der Waals surface area contributed by atoms with Gasteiger partial charge in [0.05, 0.1) is 15.8 Å². The summed E-state index contributed by atoms with van der Waals surface area (Å²) in [5.41, 5.74) is 3.13.